The minimum atomic E-state index is -3.42. The maximum absolute atomic E-state index is 12.7. The molecule has 1 heterocycles. The van der Waals surface area contributed by atoms with Crippen molar-refractivity contribution in [3.63, 3.8) is 0 Å². The molecule has 4 aromatic rings. The molecule has 4 rings (SSSR count). The molecule has 9 heteroatoms. The number of carbonyl (C=O) groups is 1. The van der Waals surface area contributed by atoms with Crippen LogP contribution in [-0.4, -0.2) is 30.8 Å². The molecule has 0 unspecified atom stereocenters. The van der Waals surface area contributed by atoms with E-state index in [0.29, 0.717) is 28.6 Å². The Kier molecular flexibility index (Phi) is 6.47. The Balaban J connectivity index is 1.49. The van der Waals surface area contributed by atoms with Crippen LogP contribution >= 0.6 is 0 Å². The van der Waals surface area contributed by atoms with E-state index in [1.807, 2.05) is 37.3 Å². The van der Waals surface area contributed by atoms with E-state index in [1.54, 1.807) is 43.3 Å². The fraction of sp³-hybridized carbons (Fsp3) is 0.160. The van der Waals surface area contributed by atoms with E-state index in [2.05, 4.69) is 20.2 Å². The number of aryl methyl sites for hydroxylation is 2. The first-order valence-corrected chi connectivity index (χ1v) is 12.4. The van der Waals surface area contributed by atoms with Crippen LogP contribution in [0.5, 0.6) is 0 Å². The molecule has 34 heavy (non-hydrogen) atoms. The summed E-state index contributed by atoms with van der Waals surface area (Å²) in [5, 5.41) is 10.8. The van der Waals surface area contributed by atoms with Gasteiger partial charge in [0, 0.05) is 24.6 Å². The zero-order valence-corrected chi connectivity index (χ0v) is 19.8. The summed E-state index contributed by atoms with van der Waals surface area (Å²) in [6.45, 7) is 3.95. The predicted molar refractivity (Wildman–Crippen MR) is 131 cm³/mol. The number of amides is 1. The van der Waals surface area contributed by atoms with Gasteiger partial charge in [-0.2, -0.15) is 0 Å². The van der Waals surface area contributed by atoms with Gasteiger partial charge in [-0.3, -0.25) is 9.52 Å². The summed E-state index contributed by atoms with van der Waals surface area (Å²) < 4.78 is 31.2. The maximum Gasteiger partial charge on any atom is 0.251 e. The number of benzene rings is 3. The average Bonchev–Trinajstić information content (AvgIpc) is 3.24. The van der Waals surface area contributed by atoms with Crippen LogP contribution in [0.3, 0.4) is 0 Å². The molecule has 174 valence electrons. The fourth-order valence-corrected chi connectivity index (χ4v) is 4.13. The van der Waals surface area contributed by atoms with Gasteiger partial charge in [0.2, 0.25) is 21.8 Å². The molecule has 8 nitrogen and oxygen atoms in total. The van der Waals surface area contributed by atoms with Crippen LogP contribution in [0, 0.1) is 13.8 Å². The summed E-state index contributed by atoms with van der Waals surface area (Å²) in [4.78, 5) is 12.7. The molecule has 1 aromatic heterocycles. The van der Waals surface area contributed by atoms with Crippen molar-refractivity contribution >= 4 is 21.6 Å². The molecule has 0 spiro atoms. The Morgan fingerprint density at radius 3 is 2.32 bits per heavy atom. The second-order valence-corrected chi connectivity index (χ2v) is 9.70. The van der Waals surface area contributed by atoms with E-state index in [9.17, 15) is 13.2 Å². The molecule has 0 aliphatic carbocycles. The van der Waals surface area contributed by atoms with E-state index >= 15 is 0 Å². The Hall–Kier alpha value is -3.98. The number of rotatable bonds is 7. The van der Waals surface area contributed by atoms with Crippen LogP contribution in [0.25, 0.3) is 22.6 Å². The number of anilines is 1. The van der Waals surface area contributed by atoms with Gasteiger partial charge < -0.3 is 9.73 Å². The number of carbonyl (C=O) groups excluding carboxylic acids is 1. The third kappa shape index (κ3) is 5.49. The molecular weight excluding hydrogens is 452 g/mol. The van der Waals surface area contributed by atoms with Gasteiger partial charge >= 0.3 is 0 Å². The molecule has 0 fully saturated rings. The molecule has 0 aliphatic rings. The summed E-state index contributed by atoms with van der Waals surface area (Å²) in [5.74, 6) is 0.704. The third-order valence-electron chi connectivity index (χ3n) is 5.22. The number of sulfonamides is 1. The van der Waals surface area contributed by atoms with Crippen molar-refractivity contribution in [2.24, 2.45) is 0 Å². The van der Waals surface area contributed by atoms with Crippen LogP contribution in [-0.2, 0) is 16.6 Å². The second-order valence-electron chi connectivity index (χ2n) is 7.95. The van der Waals surface area contributed by atoms with Crippen molar-refractivity contribution in [2.45, 2.75) is 20.4 Å². The molecule has 1 amide bonds. The third-order valence-corrected chi connectivity index (χ3v) is 5.81. The molecule has 0 saturated heterocycles. The Labute approximate surface area is 198 Å². The first kappa shape index (κ1) is 23.2. The fourth-order valence-electron chi connectivity index (χ4n) is 3.53. The van der Waals surface area contributed by atoms with Gasteiger partial charge in [0.1, 0.15) is 0 Å². The van der Waals surface area contributed by atoms with Crippen LogP contribution < -0.4 is 10.0 Å². The number of aromatic nitrogens is 2. The Bertz CT molecular complexity index is 1440. The number of hydrogen-bond acceptors (Lipinski definition) is 6. The Morgan fingerprint density at radius 1 is 0.941 bits per heavy atom. The molecule has 2 N–H and O–H groups in total. The molecule has 0 bridgehead atoms. The zero-order chi connectivity index (χ0) is 24.3. The van der Waals surface area contributed by atoms with Crippen LogP contribution in [0.15, 0.2) is 71.1 Å². The topological polar surface area (TPSA) is 114 Å². The summed E-state index contributed by atoms with van der Waals surface area (Å²) in [6.07, 6.45) is 1.09. The van der Waals surface area contributed by atoms with Gasteiger partial charge in [-0.05, 0) is 59.5 Å². The van der Waals surface area contributed by atoms with E-state index in [0.717, 1.165) is 28.5 Å². The predicted octanol–water partition coefficient (Wildman–Crippen LogP) is 4.32. The number of para-hydroxylation sites is 1. The zero-order valence-electron chi connectivity index (χ0n) is 19.0. The first-order chi connectivity index (χ1) is 16.2. The molecular formula is C25H24N4O4S. The summed E-state index contributed by atoms with van der Waals surface area (Å²) >= 11 is 0. The van der Waals surface area contributed by atoms with Crippen molar-refractivity contribution in [2.75, 3.05) is 11.0 Å². The smallest absolute Gasteiger partial charge is 0.251 e. The van der Waals surface area contributed by atoms with Crippen molar-refractivity contribution in [3.05, 3.63) is 89.3 Å². The minimum Gasteiger partial charge on any atom is -0.421 e. The summed E-state index contributed by atoms with van der Waals surface area (Å²) in [7, 11) is -3.42. The summed E-state index contributed by atoms with van der Waals surface area (Å²) in [6, 6.07) is 20.1. The molecule has 3 aromatic carbocycles. The molecule has 0 atom stereocenters. The van der Waals surface area contributed by atoms with E-state index in [4.69, 9.17) is 4.42 Å². The highest BCUT2D eigenvalue weighted by atomic mass is 32.2. The highest BCUT2D eigenvalue weighted by Crippen LogP contribution is 2.29. The lowest BCUT2D eigenvalue weighted by atomic mass is 9.97. The van der Waals surface area contributed by atoms with Gasteiger partial charge in [-0.1, -0.05) is 36.4 Å². The average molecular weight is 477 g/mol. The van der Waals surface area contributed by atoms with Gasteiger partial charge in [0.15, 0.2) is 0 Å². The number of nitrogens with one attached hydrogen (secondary N) is 2. The summed E-state index contributed by atoms with van der Waals surface area (Å²) in [5.41, 5.74) is 5.46. The SMILES string of the molecule is Cc1nnc(-c2ccc(C)c(-c3ccc(C(=O)NCc4ccccc4NS(C)(=O)=O)cc3)c2)o1. The van der Waals surface area contributed by atoms with Gasteiger partial charge in [0.25, 0.3) is 5.91 Å². The highest BCUT2D eigenvalue weighted by Gasteiger charge is 2.12. The van der Waals surface area contributed by atoms with Crippen molar-refractivity contribution in [1.29, 1.82) is 0 Å². The van der Waals surface area contributed by atoms with Crippen molar-refractivity contribution in [1.82, 2.24) is 15.5 Å². The van der Waals surface area contributed by atoms with Crippen LogP contribution in [0.2, 0.25) is 0 Å². The molecule has 0 aliphatic heterocycles. The van der Waals surface area contributed by atoms with E-state index in [-0.39, 0.29) is 12.5 Å². The minimum absolute atomic E-state index is 0.185. The lowest BCUT2D eigenvalue weighted by Crippen LogP contribution is -2.23. The van der Waals surface area contributed by atoms with Gasteiger partial charge in [-0.15, -0.1) is 10.2 Å². The maximum atomic E-state index is 12.7. The van der Waals surface area contributed by atoms with Gasteiger partial charge in [-0.25, -0.2) is 8.42 Å². The Morgan fingerprint density at radius 2 is 1.65 bits per heavy atom. The highest BCUT2D eigenvalue weighted by molar-refractivity contribution is 7.92. The molecule has 0 radical (unpaired) electrons. The largest absolute Gasteiger partial charge is 0.421 e. The second kappa shape index (κ2) is 9.48. The molecule has 0 saturated carbocycles. The van der Waals surface area contributed by atoms with E-state index in [1.165, 1.54) is 0 Å². The van der Waals surface area contributed by atoms with Crippen LogP contribution in [0.4, 0.5) is 5.69 Å². The van der Waals surface area contributed by atoms with Crippen molar-refractivity contribution in [3.8, 4) is 22.6 Å². The monoisotopic (exact) mass is 476 g/mol. The van der Waals surface area contributed by atoms with Gasteiger partial charge in [0.05, 0.1) is 11.9 Å². The van der Waals surface area contributed by atoms with E-state index < -0.39 is 10.0 Å². The lowest BCUT2D eigenvalue weighted by molar-refractivity contribution is 0.0951. The normalized spacial score (nSPS) is 11.3. The first-order valence-electron chi connectivity index (χ1n) is 10.5. The van der Waals surface area contributed by atoms with Crippen LogP contribution in [0.1, 0.15) is 27.4 Å². The standard InChI is InChI=1S/C25H24N4O4S/c1-16-8-9-20(25-28-27-17(2)33-25)14-22(16)18-10-12-19(13-11-18)24(30)26-15-21-6-4-5-7-23(21)29-34(3,31)32/h4-14,29H,15H2,1-3H3,(H,26,30). The number of nitrogens with zero attached hydrogens (tertiary/aromatic N) is 2. The quantitative estimate of drug-likeness (QED) is 0.411. The lowest BCUT2D eigenvalue weighted by Gasteiger charge is -2.12. The number of hydrogen-bond donors (Lipinski definition) is 2. The van der Waals surface area contributed by atoms with Crippen molar-refractivity contribution < 1.29 is 17.6 Å².